The molecule has 2 unspecified atom stereocenters. The van der Waals surface area contributed by atoms with Gasteiger partial charge in [0.2, 0.25) is 0 Å². The van der Waals surface area contributed by atoms with Crippen LogP contribution in [-0.4, -0.2) is 12.3 Å². The summed E-state index contributed by atoms with van der Waals surface area (Å²) in [5.74, 6) is 0. The van der Waals surface area contributed by atoms with E-state index in [-0.39, 0.29) is 33.9 Å². The Morgan fingerprint density at radius 2 is 1.07 bits per heavy atom. The van der Waals surface area contributed by atoms with Crippen LogP contribution in [0.5, 0.6) is 0 Å². The molecular formula is C68H68BN3. The van der Waals surface area contributed by atoms with Crippen LogP contribution < -0.4 is 31.1 Å². The third kappa shape index (κ3) is 6.29. The molecule has 72 heavy (non-hydrogen) atoms. The summed E-state index contributed by atoms with van der Waals surface area (Å²) in [6, 6.07) is 64.1. The SMILES string of the molecule is Cc1cc2c3c(c1)N(c1ccc(C(C)(C)C)cc1-c1ccccc1)c1cc(N4c5ccccc5C5(C)CCCCC45C)ccc1B3c1cc(C(C)(C)C)ccc1N2c1ccc2c(c1)-c1ccccc1C2(C)C. The molecule has 8 aromatic rings. The minimum Gasteiger partial charge on any atom is -0.334 e. The fraction of sp³-hybridized carbons (Fsp3) is 0.294. The first-order valence-corrected chi connectivity index (χ1v) is 26.8. The maximum absolute atomic E-state index is 2.76. The predicted molar refractivity (Wildman–Crippen MR) is 308 cm³/mol. The molecule has 0 N–H and O–H groups in total. The van der Waals surface area contributed by atoms with Crippen LogP contribution in [-0.2, 0) is 21.7 Å². The monoisotopic (exact) mass is 938 g/mol. The molecule has 3 aliphatic heterocycles. The van der Waals surface area contributed by atoms with E-state index < -0.39 is 0 Å². The molecule has 0 aromatic heterocycles. The van der Waals surface area contributed by atoms with Gasteiger partial charge in [-0.2, -0.15) is 0 Å². The topological polar surface area (TPSA) is 9.72 Å². The Kier molecular flexibility index (Phi) is 9.63. The number of hydrogen-bond acceptors (Lipinski definition) is 3. The average molecular weight is 938 g/mol. The normalized spacial score (nSPS) is 20.0. The van der Waals surface area contributed by atoms with E-state index in [0.29, 0.717) is 0 Å². The zero-order valence-electron chi connectivity index (χ0n) is 44.3. The van der Waals surface area contributed by atoms with Crippen LogP contribution in [0, 0.1) is 6.92 Å². The number of aryl methyl sites for hydroxylation is 1. The molecule has 358 valence electrons. The number of para-hydroxylation sites is 1. The minimum absolute atomic E-state index is 0.00559. The summed E-state index contributed by atoms with van der Waals surface area (Å²) in [4.78, 5) is 8.06. The highest BCUT2D eigenvalue weighted by Gasteiger charge is 2.58. The van der Waals surface area contributed by atoms with Crippen molar-refractivity contribution in [1.82, 2.24) is 0 Å². The van der Waals surface area contributed by atoms with Crippen molar-refractivity contribution in [3.63, 3.8) is 0 Å². The highest BCUT2D eigenvalue weighted by molar-refractivity contribution is 7.00. The van der Waals surface area contributed by atoms with Gasteiger partial charge >= 0.3 is 0 Å². The van der Waals surface area contributed by atoms with Gasteiger partial charge in [-0.05, 0) is 165 Å². The highest BCUT2D eigenvalue weighted by atomic mass is 15.3. The molecule has 0 bridgehead atoms. The molecule has 0 saturated heterocycles. The first-order chi connectivity index (χ1) is 34.4. The van der Waals surface area contributed by atoms with E-state index in [9.17, 15) is 0 Å². The zero-order chi connectivity index (χ0) is 49.9. The van der Waals surface area contributed by atoms with Crippen LogP contribution in [0.2, 0.25) is 0 Å². The predicted octanol–water partition coefficient (Wildman–Crippen LogP) is 16.4. The Balaban J connectivity index is 1.12. The molecular weight excluding hydrogens is 870 g/mol. The molecule has 8 aromatic carbocycles. The summed E-state index contributed by atoms with van der Waals surface area (Å²) >= 11 is 0. The van der Waals surface area contributed by atoms with Gasteiger partial charge in [-0.15, -0.1) is 0 Å². The summed E-state index contributed by atoms with van der Waals surface area (Å²) in [7, 11) is 0. The maximum Gasteiger partial charge on any atom is 0.252 e. The first kappa shape index (κ1) is 45.1. The number of rotatable bonds is 4. The van der Waals surface area contributed by atoms with Gasteiger partial charge in [0.25, 0.3) is 6.71 Å². The number of hydrogen-bond donors (Lipinski definition) is 0. The Labute approximate surface area is 429 Å². The Bertz CT molecular complexity index is 3550. The van der Waals surface area contributed by atoms with Crippen LogP contribution >= 0.6 is 0 Å². The van der Waals surface area contributed by atoms with Crippen molar-refractivity contribution in [2.24, 2.45) is 0 Å². The number of fused-ring (bicyclic) bond motifs is 10. The second-order valence-corrected chi connectivity index (χ2v) is 25.0. The molecule has 4 heteroatoms. The van der Waals surface area contributed by atoms with Crippen molar-refractivity contribution in [3.8, 4) is 22.3 Å². The maximum atomic E-state index is 2.76. The quantitative estimate of drug-likeness (QED) is 0.163. The van der Waals surface area contributed by atoms with Crippen molar-refractivity contribution >= 4 is 68.6 Å². The van der Waals surface area contributed by atoms with Gasteiger partial charge in [-0.3, -0.25) is 0 Å². The molecule has 3 nitrogen and oxygen atoms in total. The molecule has 0 amide bonds. The number of nitrogens with zero attached hydrogens (tertiary/aromatic N) is 3. The van der Waals surface area contributed by atoms with Gasteiger partial charge < -0.3 is 14.7 Å². The van der Waals surface area contributed by atoms with Crippen LogP contribution in [0.15, 0.2) is 164 Å². The lowest BCUT2D eigenvalue weighted by Crippen LogP contribution is -2.61. The Hall–Kier alpha value is -6.78. The second kappa shape index (κ2) is 15.4. The van der Waals surface area contributed by atoms with E-state index in [2.05, 4.69) is 255 Å². The lowest BCUT2D eigenvalue weighted by atomic mass is 9.33. The molecule has 1 saturated carbocycles. The Morgan fingerprint density at radius 1 is 0.444 bits per heavy atom. The Morgan fingerprint density at radius 3 is 1.82 bits per heavy atom. The third-order valence-electron chi connectivity index (χ3n) is 18.3. The molecule has 2 aliphatic carbocycles. The molecule has 1 fully saturated rings. The first-order valence-electron chi connectivity index (χ1n) is 26.8. The lowest BCUT2D eigenvalue weighted by molar-refractivity contribution is 0.195. The summed E-state index contributed by atoms with van der Waals surface area (Å²) in [6.45, 7) is 26.3. The second-order valence-electron chi connectivity index (χ2n) is 25.0. The number of benzene rings is 8. The van der Waals surface area contributed by atoms with Gasteiger partial charge in [-0.1, -0.05) is 178 Å². The van der Waals surface area contributed by atoms with E-state index >= 15 is 0 Å². The summed E-state index contributed by atoms with van der Waals surface area (Å²) < 4.78 is 0. The van der Waals surface area contributed by atoms with Gasteiger partial charge in [0.05, 0.1) is 11.2 Å². The molecule has 0 radical (unpaired) electrons. The fourth-order valence-corrected chi connectivity index (χ4v) is 14.3. The van der Waals surface area contributed by atoms with Gasteiger partial charge in [0.15, 0.2) is 0 Å². The van der Waals surface area contributed by atoms with Crippen LogP contribution in [0.3, 0.4) is 0 Å². The van der Waals surface area contributed by atoms with Crippen molar-refractivity contribution < 1.29 is 0 Å². The van der Waals surface area contributed by atoms with E-state index in [1.807, 2.05) is 0 Å². The number of anilines is 8. The van der Waals surface area contributed by atoms with E-state index in [4.69, 9.17) is 0 Å². The van der Waals surface area contributed by atoms with Crippen LogP contribution in [0.25, 0.3) is 22.3 Å². The summed E-state index contributed by atoms with van der Waals surface area (Å²) in [6.07, 6.45) is 4.86. The largest absolute Gasteiger partial charge is 0.334 e. The van der Waals surface area contributed by atoms with Crippen molar-refractivity contribution in [2.45, 2.75) is 129 Å². The smallest absolute Gasteiger partial charge is 0.252 e. The van der Waals surface area contributed by atoms with Crippen LogP contribution in [0.4, 0.5) is 45.5 Å². The van der Waals surface area contributed by atoms with Crippen LogP contribution in [0.1, 0.15) is 128 Å². The van der Waals surface area contributed by atoms with Crippen molar-refractivity contribution in [2.75, 3.05) is 14.7 Å². The standard InChI is InChI=1S/C68H68BN3/c1-43-37-61-63-62(38-43)71(57-33-27-45(64(2,3)4)39-50(57)44-21-13-12-14-22-44)60-42-48(72-58-26-18-17-25-54(58)67(10)35-19-20-36-68(67,72)11)30-32-55(60)69(63)56-40-46(65(5,6)7)28-34-59(56)70(61)47-29-31-53-51(41-47)49-23-15-16-24-52(49)66(53,8)9/h12-18,21-34,37-42H,19-20,35-36H2,1-11H3. The van der Waals surface area contributed by atoms with Gasteiger partial charge in [0, 0.05) is 56.2 Å². The molecule has 2 atom stereocenters. The van der Waals surface area contributed by atoms with Gasteiger partial charge in [-0.25, -0.2) is 0 Å². The van der Waals surface area contributed by atoms with Gasteiger partial charge in [0.1, 0.15) is 0 Å². The van der Waals surface area contributed by atoms with E-state index in [1.54, 1.807) is 0 Å². The molecule has 13 rings (SSSR count). The molecule has 3 heterocycles. The average Bonchev–Trinajstić information content (AvgIpc) is 3.72. The summed E-state index contributed by atoms with van der Waals surface area (Å²) in [5, 5.41) is 0. The fourth-order valence-electron chi connectivity index (χ4n) is 14.3. The lowest BCUT2D eigenvalue weighted by Gasteiger charge is -2.50. The third-order valence-corrected chi connectivity index (χ3v) is 18.3. The molecule has 5 aliphatic rings. The minimum atomic E-state index is -0.0777. The van der Waals surface area contributed by atoms with Crippen molar-refractivity contribution in [1.29, 1.82) is 0 Å². The summed E-state index contributed by atoms with van der Waals surface area (Å²) in [5.41, 5.74) is 27.3. The highest BCUT2D eigenvalue weighted by Crippen LogP contribution is 2.61. The van der Waals surface area contributed by atoms with E-state index in [1.165, 1.54) is 137 Å². The van der Waals surface area contributed by atoms with E-state index in [0.717, 1.165) is 6.42 Å². The zero-order valence-corrected chi connectivity index (χ0v) is 44.3. The van der Waals surface area contributed by atoms with Crippen molar-refractivity contribution in [3.05, 3.63) is 197 Å². The molecule has 0 spiro atoms.